The van der Waals surface area contributed by atoms with E-state index in [1.165, 1.54) is 51.0 Å². The molecule has 0 saturated carbocycles. The third kappa shape index (κ3) is 9.90. The summed E-state index contributed by atoms with van der Waals surface area (Å²) in [6, 6.07) is 4.31. The Kier molecular flexibility index (Phi) is 14.1. The van der Waals surface area contributed by atoms with Gasteiger partial charge in [-0.3, -0.25) is 4.55 Å². The number of unbranched alkanes of at least 4 members (excludes halogenated alkanes) is 9. The van der Waals surface area contributed by atoms with Gasteiger partial charge in [-0.05, 0) is 18.9 Å². The summed E-state index contributed by atoms with van der Waals surface area (Å²) in [5, 5.41) is 12.0. The quantitative estimate of drug-likeness (QED) is 0.338. The molecule has 0 bridgehead atoms. The maximum Gasteiger partial charge on any atom is 1.00 e. The first-order valence-corrected chi connectivity index (χ1v) is 10.2. The fraction of sp³-hybridized carbons (Fsp3) is 0.667. The van der Waals surface area contributed by atoms with Gasteiger partial charge < -0.3 is 5.11 Å². The molecule has 0 aliphatic carbocycles. The molecule has 6 heteroatoms. The summed E-state index contributed by atoms with van der Waals surface area (Å²) in [5.74, 6) is -0.564. The molecule has 0 unspecified atom stereocenters. The molecule has 0 amide bonds. The molecule has 0 fully saturated rings. The van der Waals surface area contributed by atoms with E-state index in [2.05, 4.69) is 6.92 Å². The van der Waals surface area contributed by atoms with Crippen LogP contribution in [0.1, 0.15) is 76.7 Å². The predicted molar refractivity (Wildman–Crippen MR) is 91.3 cm³/mol. The molecule has 24 heavy (non-hydrogen) atoms. The Balaban J connectivity index is 0.00000529. The third-order valence-corrected chi connectivity index (χ3v) is 5.02. The summed E-state index contributed by atoms with van der Waals surface area (Å²) in [5.41, 5.74) is 0.472. The molecule has 0 atom stereocenters. The first-order valence-electron chi connectivity index (χ1n) is 8.73. The number of aryl methyl sites for hydroxylation is 1. The molecule has 0 aliphatic rings. The molecule has 132 valence electrons. The summed E-state index contributed by atoms with van der Waals surface area (Å²) in [6.45, 7) is 2.22. The average Bonchev–Trinajstić information content (AvgIpc) is 2.49. The van der Waals surface area contributed by atoms with E-state index in [0.29, 0.717) is 12.0 Å². The second-order valence-electron chi connectivity index (χ2n) is 6.15. The molecular formula is C18H29KO4S. The third-order valence-electron chi connectivity index (χ3n) is 4.14. The molecule has 1 N–H and O–H groups in total. The predicted octanol–water partition coefficient (Wildman–Crippen LogP) is 1.47. The number of hydrogen-bond acceptors (Lipinski definition) is 3. The van der Waals surface area contributed by atoms with Crippen LogP contribution in [0.3, 0.4) is 0 Å². The smallest absolute Gasteiger partial charge is 0.871 e. The summed E-state index contributed by atoms with van der Waals surface area (Å²) in [7, 11) is -4.42. The second-order valence-corrected chi connectivity index (χ2v) is 7.54. The fourth-order valence-electron chi connectivity index (χ4n) is 2.76. The van der Waals surface area contributed by atoms with Crippen molar-refractivity contribution in [2.45, 2.75) is 82.4 Å². The van der Waals surface area contributed by atoms with Crippen LogP contribution in [0.4, 0.5) is 0 Å². The molecule has 1 rings (SSSR count). The standard InChI is InChI=1S/C18H30O4S.K/c1-2-3-4-5-6-7-8-9-10-11-13-16-14-12-15-17(18(16)19)23(20,21)22;/h12,14-15,19H,2-11,13H2,1H3,(H,20,21,22);/q;+1/p-1. The van der Waals surface area contributed by atoms with Crippen molar-refractivity contribution >= 4 is 10.1 Å². The van der Waals surface area contributed by atoms with Crippen molar-refractivity contribution in [1.29, 1.82) is 0 Å². The minimum atomic E-state index is -4.42. The van der Waals surface area contributed by atoms with E-state index in [4.69, 9.17) is 4.55 Å². The van der Waals surface area contributed by atoms with E-state index < -0.39 is 20.8 Å². The number of hydrogen-bond donors (Lipinski definition) is 1. The molecule has 0 aromatic heterocycles. The van der Waals surface area contributed by atoms with E-state index >= 15 is 0 Å². The maximum atomic E-state index is 12.0. The summed E-state index contributed by atoms with van der Waals surface area (Å²) in [4.78, 5) is -0.512. The number of para-hydroxylation sites is 1. The molecule has 0 aliphatic heterocycles. The molecule has 0 saturated heterocycles. The van der Waals surface area contributed by atoms with Gasteiger partial charge in [0.05, 0.1) is 4.90 Å². The summed E-state index contributed by atoms with van der Waals surface area (Å²) < 4.78 is 31.2. The maximum absolute atomic E-state index is 12.0. The first kappa shape index (κ1) is 24.6. The SMILES string of the molecule is CCCCCCCCCCCCc1cccc(S(=O)(=O)O)c1[O-].[K+]. The fourth-order valence-corrected chi connectivity index (χ4v) is 3.38. The van der Waals surface area contributed by atoms with Crippen LogP contribution < -0.4 is 56.5 Å². The molecule has 4 nitrogen and oxygen atoms in total. The zero-order chi connectivity index (χ0) is 17.1. The van der Waals surface area contributed by atoms with E-state index in [1.807, 2.05) is 0 Å². The zero-order valence-electron chi connectivity index (χ0n) is 15.1. The monoisotopic (exact) mass is 380 g/mol. The van der Waals surface area contributed by atoms with Crippen LogP contribution in [0.15, 0.2) is 23.1 Å². The van der Waals surface area contributed by atoms with Crippen molar-refractivity contribution in [3.8, 4) is 5.75 Å². The van der Waals surface area contributed by atoms with Gasteiger partial charge in [-0.2, -0.15) is 8.42 Å². The van der Waals surface area contributed by atoms with Gasteiger partial charge in [0.15, 0.2) is 0 Å². The Labute approximate surface area is 189 Å². The van der Waals surface area contributed by atoms with Crippen molar-refractivity contribution in [3.63, 3.8) is 0 Å². The van der Waals surface area contributed by atoms with Crippen LogP contribution >= 0.6 is 0 Å². The second kappa shape index (κ2) is 13.7. The normalized spacial score (nSPS) is 11.2. The number of rotatable bonds is 12. The van der Waals surface area contributed by atoms with Gasteiger partial charge in [0.1, 0.15) is 0 Å². The van der Waals surface area contributed by atoms with Gasteiger partial charge in [0, 0.05) is 0 Å². The first-order chi connectivity index (χ1) is 11.0. The topological polar surface area (TPSA) is 77.4 Å². The van der Waals surface area contributed by atoms with Gasteiger partial charge in [-0.1, -0.05) is 88.2 Å². The van der Waals surface area contributed by atoms with Gasteiger partial charge in [-0.15, -0.1) is 0 Å². The molecule has 0 spiro atoms. The van der Waals surface area contributed by atoms with E-state index in [9.17, 15) is 13.5 Å². The Morgan fingerprint density at radius 2 is 1.42 bits per heavy atom. The number of benzene rings is 1. The van der Waals surface area contributed by atoms with Gasteiger partial charge >= 0.3 is 51.4 Å². The van der Waals surface area contributed by atoms with Crippen molar-refractivity contribution in [2.75, 3.05) is 0 Å². The summed E-state index contributed by atoms with van der Waals surface area (Å²) in [6.07, 6.45) is 12.7. The van der Waals surface area contributed by atoms with E-state index in [1.54, 1.807) is 6.07 Å². The molecule has 1 aromatic rings. The average molecular weight is 381 g/mol. The van der Waals surface area contributed by atoms with Gasteiger partial charge in [-0.25, -0.2) is 0 Å². The van der Waals surface area contributed by atoms with Crippen LogP contribution in [0.5, 0.6) is 5.75 Å². The largest absolute Gasteiger partial charge is 1.00 e. The van der Waals surface area contributed by atoms with Crippen LogP contribution in [0.2, 0.25) is 0 Å². The Bertz CT molecular complexity index is 558. The van der Waals surface area contributed by atoms with Crippen LogP contribution in [-0.2, 0) is 16.5 Å². The van der Waals surface area contributed by atoms with Crippen molar-refractivity contribution in [1.82, 2.24) is 0 Å². The van der Waals surface area contributed by atoms with Crippen LogP contribution in [0.25, 0.3) is 0 Å². The van der Waals surface area contributed by atoms with Crippen LogP contribution in [-0.4, -0.2) is 13.0 Å². The van der Waals surface area contributed by atoms with Crippen LogP contribution in [0, 0.1) is 0 Å². The molecular weight excluding hydrogens is 351 g/mol. The molecule has 0 heterocycles. The van der Waals surface area contributed by atoms with Crippen molar-refractivity contribution < 1.29 is 69.5 Å². The van der Waals surface area contributed by atoms with E-state index in [-0.39, 0.29) is 51.4 Å². The Hall–Kier alpha value is 0.566. The van der Waals surface area contributed by atoms with Gasteiger partial charge in [0.25, 0.3) is 10.1 Å². The minimum Gasteiger partial charge on any atom is -0.871 e. The van der Waals surface area contributed by atoms with E-state index in [0.717, 1.165) is 25.3 Å². The van der Waals surface area contributed by atoms with Crippen molar-refractivity contribution in [3.05, 3.63) is 23.8 Å². The molecule has 0 radical (unpaired) electrons. The minimum absolute atomic E-state index is 0. The molecule has 1 aromatic carbocycles. The Morgan fingerprint density at radius 3 is 1.92 bits per heavy atom. The Morgan fingerprint density at radius 1 is 0.917 bits per heavy atom. The summed E-state index contributed by atoms with van der Waals surface area (Å²) >= 11 is 0. The van der Waals surface area contributed by atoms with Crippen molar-refractivity contribution in [2.24, 2.45) is 0 Å². The van der Waals surface area contributed by atoms with Gasteiger partial charge in [0.2, 0.25) is 0 Å². The zero-order valence-corrected chi connectivity index (χ0v) is 19.0.